The van der Waals surface area contributed by atoms with Gasteiger partial charge in [-0.3, -0.25) is 14.3 Å². The fourth-order valence-corrected chi connectivity index (χ4v) is 4.46. The average molecular weight is 395 g/mol. The number of para-hydroxylation sites is 1. The Morgan fingerprint density at radius 1 is 1.14 bits per heavy atom. The first kappa shape index (κ1) is 18.4. The topological polar surface area (TPSA) is 86.3 Å². The molecule has 1 unspecified atom stereocenters. The molecule has 4 heterocycles. The second-order valence-electron chi connectivity index (χ2n) is 7.92. The van der Waals surface area contributed by atoms with Gasteiger partial charge in [0.15, 0.2) is 5.82 Å². The van der Waals surface area contributed by atoms with Gasteiger partial charge in [0.1, 0.15) is 5.82 Å². The summed E-state index contributed by atoms with van der Waals surface area (Å²) in [6, 6.07) is 7.60. The summed E-state index contributed by atoms with van der Waals surface area (Å²) in [5.41, 5.74) is 0.748. The number of fused-ring (bicyclic) bond motifs is 1. The van der Waals surface area contributed by atoms with Gasteiger partial charge in [0.25, 0.3) is 5.56 Å². The van der Waals surface area contributed by atoms with Crippen molar-refractivity contribution in [3.63, 3.8) is 0 Å². The minimum Gasteiger partial charge on any atom is -0.381 e. The largest absolute Gasteiger partial charge is 0.381 e. The summed E-state index contributed by atoms with van der Waals surface area (Å²) in [4.78, 5) is 24.6. The van der Waals surface area contributed by atoms with Gasteiger partial charge in [0.2, 0.25) is 5.89 Å². The fourth-order valence-electron chi connectivity index (χ4n) is 4.46. The molecule has 1 atom stereocenters. The van der Waals surface area contributed by atoms with Crippen molar-refractivity contribution in [2.75, 3.05) is 19.8 Å². The molecule has 152 valence electrons. The Morgan fingerprint density at radius 3 is 2.83 bits per heavy atom. The zero-order chi connectivity index (χ0) is 19.8. The van der Waals surface area contributed by atoms with Gasteiger partial charge in [-0.2, -0.15) is 4.98 Å². The molecule has 0 aliphatic carbocycles. The van der Waals surface area contributed by atoms with Gasteiger partial charge in [-0.25, -0.2) is 4.98 Å². The smallest absolute Gasteiger partial charge is 0.261 e. The number of benzene rings is 1. The van der Waals surface area contributed by atoms with E-state index >= 15 is 0 Å². The molecule has 0 saturated carbocycles. The lowest BCUT2D eigenvalue weighted by Gasteiger charge is -2.24. The lowest BCUT2D eigenvalue weighted by atomic mass is 10.0. The number of aromatic nitrogens is 4. The van der Waals surface area contributed by atoms with Gasteiger partial charge in [-0.05, 0) is 44.4 Å². The SMILES string of the molecule is Cn1c(C2CCCN2Cc2noc(C3CCOCC3)n2)nc2ccccc2c1=O. The van der Waals surface area contributed by atoms with Crippen LogP contribution in [0.25, 0.3) is 10.9 Å². The highest BCUT2D eigenvalue weighted by Crippen LogP contribution is 2.32. The Labute approximate surface area is 168 Å². The van der Waals surface area contributed by atoms with Crippen molar-refractivity contribution in [2.24, 2.45) is 7.05 Å². The van der Waals surface area contributed by atoms with Crippen molar-refractivity contribution in [3.05, 3.63) is 52.2 Å². The Balaban J connectivity index is 1.40. The molecular formula is C21H25N5O3. The highest BCUT2D eigenvalue weighted by Gasteiger charge is 2.31. The second-order valence-corrected chi connectivity index (χ2v) is 7.92. The van der Waals surface area contributed by atoms with Gasteiger partial charge in [0, 0.05) is 26.2 Å². The summed E-state index contributed by atoms with van der Waals surface area (Å²) >= 11 is 0. The maximum absolute atomic E-state index is 12.8. The maximum atomic E-state index is 12.8. The average Bonchev–Trinajstić information content (AvgIpc) is 3.41. The van der Waals surface area contributed by atoms with E-state index in [1.165, 1.54) is 0 Å². The predicted octanol–water partition coefficient (Wildman–Crippen LogP) is 2.55. The molecule has 8 nitrogen and oxygen atoms in total. The molecule has 2 saturated heterocycles. The highest BCUT2D eigenvalue weighted by atomic mass is 16.5. The molecule has 0 amide bonds. The molecule has 2 aliphatic rings. The van der Waals surface area contributed by atoms with E-state index in [4.69, 9.17) is 14.2 Å². The summed E-state index contributed by atoms with van der Waals surface area (Å²) < 4.78 is 12.6. The molecule has 5 rings (SSSR count). The van der Waals surface area contributed by atoms with Crippen LogP contribution in [0.4, 0.5) is 0 Å². The lowest BCUT2D eigenvalue weighted by Crippen LogP contribution is -2.30. The van der Waals surface area contributed by atoms with Crippen LogP contribution in [0.15, 0.2) is 33.6 Å². The van der Waals surface area contributed by atoms with Crippen LogP contribution in [0.3, 0.4) is 0 Å². The number of nitrogens with zero attached hydrogens (tertiary/aromatic N) is 5. The van der Waals surface area contributed by atoms with E-state index in [1.54, 1.807) is 4.57 Å². The summed E-state index contributed by atoms with van der Waals surface area (Å²) in [6.45, 7) is 3.02. The molecule has 2 aromatic heterocycles. The Bertz CT molecular complexity index is 1070. The standard InChI is InChI=1S/C21H25N5O3/c1-25-19(22-16-6-3-2-5-15(16)21(25)27)17-7-4-10-26(17)13-18-23-20(29-24-18)14-8-11-28-12-9-14/h2-3,5-6,14,17H,4,7-13H2,1H3. The molecule has 0 radical (unpaired) electrons. The normalized spacial score (nSPS) is 21.2. The summed E-state index contributed by atoms with van der Waals surface area (Å²) in [5, 5.41) is 4.87. The molecule has 2 fully saturated rings. The molecule has 0 spiro atoms. The van der Waals surface area contributed by atoms with Gasteiger partial charge in [-0.1, -0.05) is 17.3 Å². The number of rotatable bonds is 4. The van der Waals surface area contributed by atoms with Gasteiger partial charge >= 0.3 is 0 Å². The minimum absolute atomic E-state index is 0.00110. The molecule has 2 aliphatic heterocycles. The van der Waals surface area contributed by atoms with Gasteiger partial charge < -0.3 is 9.26 Å². The third-order valence-corrected chi connectivity index (χ3v) is 6.08. The third kappa shape index (κ3) is 3.47. The first-order valence-corrected chi connectivity index (χ1v) is 10.3. The van der Waals surface area contributed by atoms with Crippen molar-refractivity contribution >= 4 is 10.9 Å². The van der Waals surface area contributed by atoms with E-state index in [9.17, 15) is 4.79 Å². The molecule has 29 heavy (non-hydrogen) atoms. The molecule has 0 N–H and O–H groups in total. The van der Waals surface area contributed by atoms with Crippen molar-refractivity contribution in [3.8, 4) is 0 Å². The fraction of sp³-hybridized carbons (Fsp3) is 0.524. The second kappa shape index (κ2) is 7.68. The van der Waals surface area contributed by atoms with Crippen LogP contribution < -0.4 is 5.56 Å². The Hall–Kier alpha value is -2.58. The van der Waals surface area contributed by atoms with Gasteiger partial charge in [0.05, 0.1) is 23.5 Å². The molecule has 3 aromatic rings. The lowest BCUT2D eigenvalue weighted by molar-refractivity contribution is 0.0778. The molecule has 0 bridgehead atoms. The van der Waals surface area contributed by atoms with E-state index in [2.05, 4.69) is 15.0 Å². The van der Waals surface area contributed by atoms with E-state index < -0.39 is 0 Å². The van der Waals surface area contributed by atoms with Crippen molar-refractivity contribution in [1.29, 1.82) is 0 Å². The van der Waals surface area contributed by atoms with E-state index in [0.29, 0.717) is 23.7 Å². The number of hydrogen-bond acceptors (Lipinski definition) is 7. The van der Waals surface area contributed by atoms with Crippen LogP contribution in [0.5, 0.6) is 0 Å². The first-order chi connectivity index (χ1) is 14.2. The quantitative estimate of drug-likeness (QED) is 0.671. The van der Waals surface area contributed by atoms with E-state index in [1.807, 2.05) is 31.3 Å². The van der Waals surface area contributed by atoms with Crippen molar-refractivity contribution in [2.45, 2.75) is 44.2 Å². The summed E-state index contributed by atoms with van der Waals surface area (Å²) in [7, 11) is 1.81. The van der Waals surface area contributed by atoms with Crippen LogP contribution >= 0.6 is 0 Å². The zero-order valence-electron chi connectivity index (χ0n) is 16.6. The van der Waals surface area contributed by atoms with Crippen LogP contribution in [0.2, 0.25) is 0 Å². The van der Waals surface area contributed by atoms with Crippen LogP contribution in [-0.4, -0.2) is 44.4 Å². The van der Waals surface area contributed by atoms with Crippen molar-refractivity contribution < 1.29 is 9.26 Å². The van der Waals surface area contributed by atoms with E-state index in [-0.39, 0.29) is 11.6 Å². The monoisotopic (exact) mass is 395 g/mol. The molecular weight excluding hydrogens is 370 g/mol. The van der Waals surface area contributed by atoms with Crippen molar-refractivity contribution in [1.82, 2.24) is 24.6 Å². The highest BCUT2D eigenvalue weighted by molar-refractivity contribution is 5.77. The number of likely N-dealkylation sites (tertiary alicyclic amines) is 1. The van der Waals surface area contributed by atoms with Crippen LogP contribution in [0, 0.1) is 0 Å². The maximum Gasteiger partial charge on any atom is 0.261 e. The number of ether oxygens (including phenoxy) is 1. The summed E-state index contributed by atoms with van der Waals surface area (Å²) in [5.74, 6) is 2.51. The third-order valence-electron chi connectivity index (χ3n) is 6.08. The number of hydrogen-bond donors (Lipinski definition) is 0. The first-order valence-electron chi connectivity index (χ1n) is 10.3. The Morgan fingerprint density at radius 2 is 1.97 bits per heavy atom. The summed E-state index contributed by atoms with van der Waals surface area (Å²) in [6.07, 6.45) is 3.87. The predicted molar refractivity (Wildman–Crippen MR) is 106 cm³/mol. The zero-order valence-corrected chi connectivity index (χ0v) is 16.6. The Kier molecular flexibility index (Phi) is 4.89. The molecule has 8 heteroatoms. The van der Waals surface area contributed by atoms with Crippen LogP contribution in [0.1, 0.15) is 55.2 Å². The van der Waals surface area contributed by atoms with E-state index in [0.717, 1.165) is 62.7 Å². The minimum atomic E-state index is -0.00110. The molecule has 1 aromatic carbocycles. The van der Waals surface area contributed by atoms with Gasteiger partial charge in [-0.15, -0.1) is 0 Å². The van der Waals surface area contributed by atoms with Crippen LogP contribution in [-0.2, 0) is 18.3 Å².